The number of hydrogen-bond donors (Lipinski definition) is 3. The van der Waals surface area contributed by atoms with Crippen LogP contribution < -0.4 is 16.0 Å². The molecule has 0 spiro atoms. The Morgan fingerprint density at radius 3 is 2.11 bits per heavy atom. The zero-order valence-corrected chi connectivity index (χ0v) is 14.5. The molecular formula is C20H17FN4O2. The third-order valence-electron chi connectivity index (χ3n) is 3.57. The Bertz CT molecular complexity index is 956. The SMILES string of the molecule is CC(=O)Nc1ccc(NC(=O)c2ccc(Nc3cccc(F)c3)cn2)cc1. The second kappa shape index (κ2) is 8.09. The molecule has 3 N–H and O–H groups in total. The lowest BCUT2D eigenvalue weighted by Gasteiger charge is -2.08. The van der Waals surface area contributed by atoms with E-state index >= 15 is 0 Å². The van der Waals surface area contributed by atoms with E-state index in [0.717, 1.165) is 0 Å². The van der Waals surface area contributed by atoms with Crippen molar-refractivity contribution in [2.45, 2.75) is 6.92 Å². The van der Waals surface area contributed by atoms with Gasteiger partial charge in [0.15, 0.2) is 0 Å². The van der Waals surface area contributed by atoms with Crippen molar-refractivity contribution in [2.75, 3.05) is 16.0 Å². The normalized spacial score (nSPS) is 10.1. The van der Waals surface area contributed by atoms with Crippen molar-refractivity contribution in [3.8, 4) is 0 Å². The average Bonchev–Trinajstić information content (AvgIpc) is 2.63. The first-order valence-corrected chi connectivity index (χ1v) is 8.17. The summed E-state index contributed by atoms with van der Waals surface area (Å²) in [6, 6.07) is 16.1. The Balaban J connectivity index is 1.62. The van der Waals surface area contributed by atoms with Gasteiger partial charge in [-0.2, -0.15) is 0 Å². The number of amides is 2. The predicted octanol–water partition coefficient (Wildman–Crippen LogP) is 4.18. The van der Waals surface area contributed by atoms with Crippen LogP contribution in [0.5, 0.6) is 0 Å². The van der Waals surface area contributed by atoms with Crippen LogP contribution in [0.25, 0.3) is 0 Å². The highest BCUT2D eigenvalue weighted by Crippen LogP contribution is 2.18. The number of aromatic nitrogens is 1. The lowest BCUT2D eigenvalue weighted by molar-refractivity contribution is -0.114. The van der Waals surface area contributed by atoms with Crippen molar-refractivity contribution in [2.24, 2.45) is 0 Å². The molecule has 0 aliphatic rings. The summed E-state index contributed by atoms with van der Waals surface area (Å²) in [6.07, 6.45) is 1.50. The zero-order chi connectivity index (χ0) is 19.2. The maximum absolute atomic E-state index is 13.2. The monoisotopic (exact) mass is 364 g/mol. The highest BCUT2D eigenvalue weighted by Gasteiger charge is 2.08. The average molecular weight is 364 g/mol. The molecule has 6 nitrogen and oxygen atoms in total. The Labute approximate surface area is 155 Å². The molecule has 27 heavy (non-hydrogen) atoms. The summed E-state index contributed by atoms with van der Waals surface area (Å²) < 4.78 is 13.2. The molecule has 0 bridgehead atoms. The van der Waals surface area contributed by atoms with E-state index in [1.807, 2.05) is 0 Å². The topological polar surface area (TPSA) is 83.1 Å². The molecule has 0 atom stereocenters. The molecule has 3 aromatic rings. The van der Waals surface area contributed by atoms with Crippen LogP contribution in [0.4, 0.5) is 27.1 Å². The van der Waals surface area contributed by atoms with Gasteiger partial charge in [-0.1, -0.05) is 6.07 Å². The van der Waals surface area contributed by atoms with Crippen molar-refractivity contribution in [3.05, 3.63) is 78.4 Å². The molecule has 0 radical (unpaired) electrons. The quantitative estimate of drug-likeness (QED) is 0.634. The van der Waals surface area contributed by atoms with Crippen LogP contribution in [0, 0.1) is 5.82 Å². The van der Waals surface area contributed by atoms with Gasteiger partial charge in [-0.05, 0) is 54.6 Å². The van der Waals surface area contributed by atoms with E-state index < -0.39 is 0 Å². The molecule has 1 heterocycles. The minimum absolute atomic E-state index is 0.164. The van der Waals surface area contributed by atoms with Gasteiger partial charge in [0.25, 0.3) is 5.91 Å². The number of nitrogens with one attached hydrogen (secondary N) is 3. The van der Waals surface area contributed by atoms with Gasteiger partial charge in [-0.3, -0.25) is 9.59 Å². The predicted molar refractivity (Wildman–Crippen MR) is 103 cm³/mol. The minimum atomic E-state index is -0.361. The Hall–Kier alpha value is -3.74. The molecule has 0 unspecified atom stereocenters. The van der Waals surface area contributed by atoms with Crippen LogP contribution >= 0.6 is 0 Å². The summed E-state index contributed by atoms with van der Waals surface area (Å²) in [5, 5.41) is 8.40. The van der Waals surface area contributed by atoms with E-state index in [0.29, 0.717) is 22.7 Å². The van der Waals surface area contributed by atoms with Crippen LogP contribution in [0.3, 0.4) is 0 Å². The minimum Gasteiger partial charge on any atom is -0.354 e. The van der Waals surface area contributed by atoms with Gasteiger partial charge in [0, 0.05) is 24.0 Å². The van der Waals surface area contributed by atoms with Crippen molar-refractivity contribution >= 4 is 34.6 Å². The maximum Gasteiger partial charge on any atom is 0.274 e. The third-order valence-corrected chi connectivity index (χ3v) is 3.57. The molecule has 2 aromatic carbocycles. The van der Waals surface area contributed by atoms with Crippen molar-refractivity contribution in [1.29, 1.82) is 0 Å². The Morgan fingerprint density at radius 1 is 0.852 bits per heavy atom. The van der Waals surface area contributed by atoms with E-state index in [1.54, 1.807) is 48.5 Å². The summed E-state index contributed by atoms with van der Waals surface area (Å²) in [4.78, 5) is 27.4. The maximum atomic E-state index is 13.2. The van der Waals surface area contributed by atoms with Gasteiger partial charge in [-0.25, -0.2) is 9.37 Å². The highest BCUT2D eigenvalue weighted by molar-refractivity contribution is 6.03. The van der Waals surface area contributed by atoms with Gasteiger partial charge in [-0.15, -0.1) is 0 Å². The zero-order valence-electron chi connectivity index (χ0n) is 14.5. The number of hydrogen-bond acceptors (Lipinski definition) is 4. The number of halogens is 1. The van der Waals surface area contributed by atoms with Gasteiger partial charge < -0.3 is 16.0 Å². The van der Waals surface area contributed by atoms with Crippen molar-refractivity contribution in [3.63, 3.8) is 0 Å². The van der Waals surface area contributed by atoms with E-state index in [-0.39, 0.29) is 23.3 Å². The van der Waals surface area contributed by atoms with Crippen LogP contribution in [0.15, 0.2) is 66.9 Å². The second-order valence-electron chi connectivity index (χ2n) is 5.78. The fourth-order valence-electron chi connectivity index (χ4n) is 2.37. The standard InChI is InChI=1S/C20H17FN4O2/c1-13(26)23-15-5-7-16(8-6-15)25-20(27)19-10-9-18(12-22-19)24-17-4-2-3-14(21)11-17/h2-12,24H,1H3,(H,23,26)(H,25,27). The third kappa shape index (κ3) is 5.12. The first kappa shape index (κ1) is 18.1. The summed E-state index contributed by atoms with van der Waals surface area (Å²) in [5.41, 5.74) is 2.69. The number of rotatable bonds is 5. The molecule has 7 heteroatoms. The summed E-state index contributed by atoms with van der Waals surface area (Å²) in [7, 11) is 0. The van der Waals surface area contributed by atoms with E-state index in [1.165, 1.54) is 25.3 Å². The first-order valence-electron chi connectivity index (χ1n) is 8.17. The first-order chi connectivity index (χ1) is 13.0. The van der Waals surface area contributed by atoms with Gasteiger partial charge in [0.1, 0.15) is 11.5 Å². The number of carbonyl (C=O) groups excluding carboxylic acids is 2. The Morgan fingerprint density at radius 2 is 1.52 bits per heavy atom. The summed E-state index contributed by atoms with van der Waals surface area (Å²) in [6.45, 7) is 1.42. The lowest BCUT2D eigenvalue weighted by Crippen LogP contribution is -2.13. The largest absolute Gasteiger partial charge is 0.354 e. The van der Waals surface area contributed by atoms with Crippen LogP contribution in [0.1, 0.15) is 17.4 Å². The molecule has 0 aliphatic heterocycles. The van der Waals surface area contributed by atoms with Crippen LogP contribution in [-0.2, 0) is 4.79 Å². The van der Waals surface area contributed by atoms with Gasteiger partial charge in [0.2, 0.25) is 5.91 Å². The number of nitrogens with zero attached hydrogens (tertiary/aromatic N) is 1. The van der Waals surface area contributed by atoms with E-state index in [4.69, 9.17) is 0 Å². The number of anilines is 4. The lowest BCUT2D eigenvalue weighted by atomic mass is 10.2. The fourth-order valence-corrected chi connectivity index (χ4v) is 2.37. The molecule has 0 saturated heterocycles. The fraction of sp³-hybridized carbons (Fsp3) is 0.0500. The molecule has 1 aromatic heterocycles. The molecule has 136 valence electrons. The molecule has 0 saturated carbocycles. The van der Waals surface area contributed by atoms with E-state index in [9.17, 15) is 14.0 Å². The number of pyridine rings is 1. The van der Waals surface area contributed by atoms with Crippen LogP contribution in [0.2, 0.25) is 0 Å². The second-order valence-corrected chi connectivity index (χ2v) is 5.78. The molecular weight excluding hydrogens is 347 g/mol. The van der Waals surface area contributed by atoms with Crippen LogP contribution in [-0.4, -0.2) is 16.8 Å². The molecule has 2 amide bonds. The van der Waals surface area contributed by atoms with Gasteiger partial charge in [0.05, 0.1) is 11.9 Å². The van der Waals surface area contributed by atoms with Gasteiger partial charge >= 0.3 is 0 Å². The van der Waals surface area contributed by atoms with E-state index in [2.05, 4.69) is 20.9 Å². The molecule has 0 fully saturated rings. The summed E-state index contributed by atoms with van der Waals surface area (Å²) >= 11 is 0. The summed E-state index contributed by atoms with van der Waals surface area (Å²) in [5.74, 6) is -0.865. The highest BCUT2D eigenvalue weighted by atomic mass is 19.1. The smallest absolute Gasteiger partial charge is 0.274 e. The number of benzene rings is 2. The molecule has 0 aliphatic carbocycles. The number of carbonyl (C=O) groups is 2. The molecule has 3 rings (SSSR count). The Kier molecular flexibility index (Phi) is 5.41. The van der Waals surface area contributed by atoms with Crippen molar-refractivity contribution in [1.82, 2.24) is 4.98 Å². The van der Waals surface area contributed by atoms with Crippen molar-refractivity contribution < 1.29 is 14.0 Å².